The fourth-order valence-electron chi connectivity index (χ4n) is 3.12. The molecule has 2 amide bonds. The third-order valence-corrected chi connectivity index (χ3v) is 10.7. The third kappa shape index (κ3) is 12.7. The number of hydrogen-bond acceptors (Lipinski definition) is 10. The van der Waals surface area contributed by atoms with E-state index in [-0.39, 0.29) is 0 Å². The minimum Gasteiger partial charge on any atom is -0.446 e. The van der Waals surface area contributed by atoms with Crippen LogP contribution in [-0.2, 0) is 36.0 Å². The average molecular weight is 515 g/mol. The maximum atomic E-state index is 12.0. The summed E-state index contributed by atoms with van der Waals surface area (Å²) in [6, 6.07) is 1.13. The molecule has 2 unspecified atom stereocenters. The molecule has 0 rings (SSSR count). The summed E-state index contributed by atoms with van der Waals surface area (Å²) in [5, 5.41) is 5.36. The van der Waals surface area contributed by atoms with Crippen LogP contribution in [0.3, 0.4) is 0 Å². The molecule has 196 valence electrons. The molecule has 0 bridgehead atoms. The number of amides is 2. The minimum atomic E-state index is -2.65. The van der Waals surface area contributed by atoms with Crippen LogP contribution in [0.15, 0.2) is 0 Å². The second-order valence-corrected chi connectivity index (χ2v) is 13.5. The van der Waals surface area contributed by atoms with E-state index in [4.69, 9.17) is 36.0 Å². The van der Waals surface area contributed by atoms with Crippen LogP contribution < -0.4 is 10.6 Å². The Morgan fingerprint density at radius 1 is 0.636 bits per heavy atom. The normalized spacial score (nSPS) is 13.8. The second kappa shape index (κ2) is 17.2. The minimum absolute atomic E-state index is 0.362. The van der Waals surface area contributed by atoms with Gasteiger partial charge in [0.1, 0.15) is 12.2 Å². The smallest absolute Gasteiger partial charge is 0.446 e. The van der Waals surface area contributed by atoms with E-state index in [0.29, 0.717) is 44.4 Å². The fraction of sp³-hybridized carbons (Fsp3) is 0.895. The summed E-state index contributed by atoms with van der Waals surface area (Å²) >= 11 is 0. The highest BCUT2D eigenvalue weighted by atomic mass is 28.4. The predicted octanol–water partition coefficient (Wildman–Crippen LogP) is 2.14. The van der Waals surface area contributed by atoms with Gasteiger partial charge in [-0.3, -0.25) is 0 Å². The maximum absolute atomic E-state index is 12.0. The molecule has 0 aromatic heterocycles. The van der Waals surface area contributed by atoms with E-state index in [9.17, 15) is 9.59 Å². The highest BCUT2D eigenvalue weighted by molar-refractivity contribution is 6.60. The molecule has 0 aliphatic carbocycles. The molecule has 2 N–H and O–H groups in total. The zero-order valence-electron chi connectivity index (χ0n) is 21.2. The van der Waals surface area contributed by atoms with Gasteiger partial charge in [-0.15, -0.1) is 0 Å². The quantitative estimate of drug-likeness (QED) is 0.207. The zero-order chi connectivity index (χ0) is 25.3. The van der Waals surface area contributed by atoms with Crippen LogP contribution in [0.25, 0.3) is 0 Å². The molecule has 2 atom stereocenters. The van der Waals surface area contributed by atoms with Gasteiger partial charge in [-0.25, -0.2) is 9.59 Å². The largest absolute Gasteiger partial charge is 0.500 e. The Balaban J connectivity index is 4.10. The van der Waals surface area contributed by atoms with Gasteiger partial charge < -0.3 is 46.7 Å². The van der Waals surface area contributed by atoms with Crippen molar-refractivity contribution in [1.82, 2.24) is 10.6 Å². The number of alkyl carbamates (subject to hydrolysis) is 2. The van der Waals surface area contributed by atoms with Gasteiger partial charge in [-0.1, -0.05) is 0 Å². The van der Waals surface area contributed by atoms with Crippen LogP contribution in [0.1, 0.15) is 33.1 Å². The van der Waals surface area contributed by atoms with Gasteiger partial charge in [-0.2, -0.15) is 0 Å². The Bertz CT molecular complexity index is 488. The molecule has 0 saturated heterocycles. The first kappa shape index (κ1) is 31.7. The lowest BCUT2D eigenvalue weighted by molar-refractivity contribution is 0.0529. The van der Waals surface area contributed by atoms with Gasteiger partial charge in [0.15, 0.2) is 0 Å². The molecule has 12 nitrogen and oxygen atoms in total. The van der Waals surface area contributed by atoms with Crippen molar-refractivity contribution in [1.29, 1.82) is 0 Å². The van der Waals surface area contributed by atoms with E-state index >= 15 is 0 Å². The summed E-state index contributed by atoms with van der Waals surface area (Å²) in [6.07, 6.45) is -0.353. The second-order valence-electron chi connectivity index (χ2n) is 7.32. The Hall–Kier alpha value is -1.27. The molecule has 0 aromatic carbocycles. The third-order valence-electron chi connectivity index (χ3n) is 5.00. The van der Waals surface area contributed by atoms with E-state index in [1.165, 1.54) is 0 Å². The molecular weight excluding hydrogens is 472 g/mol. The monoisotopic (exact) mass is 514 g/mol. The van der Waals surface area contributed by atoms with Crippen LogP contribution in [-0.4, -0.2) is 97.8 Å². The summed E-state index contributed by atoms with van der Waals surface area (Å²) in [5.41, 5.74) is 0. The Kier molecular flexibility index (Phi) is 16.6. The number of carbonyl (C=O) groups excluding carboxylic acids is 2. The van der Waals surface area contributed by atoms with Gasteiger partial charge in [0, 0.05) is 74.3 Å². The molecule has 0 aliphatic rings. The number of rotatable bonds is 18. The average Bonchev–Trinajstić information content (AvgIpc) is 2.80. The van der Waals surface area contributed by atoms with E-state index in [2.05, 4.69) is 10.6 Å². The Morgan fingerprint density at radius 3 is 1.21 bits per heavy atom. The molecule has 14 heteroatoms. The Morgan fingerprint density at radius 2 is 0.939 bits per heavy atom. The molecule has 33 heavy (non-hydrogen) atoms. The van der Waals surface area contributed by atoms with E-state index < -0.39 is 42.0 Å². The number of hydrogen-bond donors (Lipinski definition) is 2. The van der Waals surface area contributed by atoms with Gasteiger partial charge in [0.2, 0.25) is 0 Å². The Labute approximate surface area is 199 Å². The van der Waals surface area contributed by atoms with Crippen molar-refractivity contribution in [3.63, 3.8) is 0 Å². The van der Waals surface area contributed by atoms with Crippen molar-refractivity contribution >= 4 is 29.8 Å². The van der Waals surface area contributed by atoms with Crippen molar-refractivity contribution in [3.05, 3.63) is 0 Å². The lowest BCUT2D eigenvalue weighted by Gasteiger charge is -2.24. The van der Waals surface area contributed by atoms with Crippen LogP contribution in [0, 0.1) is 0 Å². The molecule has 0 radical (unpaired) electrons. The predicted molar refractivity (Wildman–Crippen MR) is 125 cm³/mol. The van der Waals surface area contributed by atoms with E-state index in [1.54, 1.807) is 56.5 Å². The number of ether oxygens (including phenoxy) is 2. The summed E-state index contributed by atoms with van der Waals surface area (Å²) in [5.74, 6) is 0. The SMILES string of the molecule is CO[Si](CCCNC(=O)OC(C)CC(C)OC(=O)NCCC[Si](OC)(OC)OC)(OC)OC. The van der Waals surface area contributed by atoms with Gasteiger partial charge in [-0.05, 0) is 26.7 Å². The van der Waals surface area contributed by atoms with Crippen molar-refractivity contribution in [2.45, 2.75) is 57.4 Å². The summed E-state index contributed by atoms with van der Waals surface area (Å²) in [4.78, 5) is 23.9. The molecule has 0 spiro atoms. The van der Waals surface area contributed by atoms with Gasteiger partial charge in [0.25, 0.3) is 0 Å². The van der Waals surface area contributed by atoms with Crippen LogP contribution in [0.5, 0.6) is 0 Å². The highest BCUT2D eigenvalue weighted by Gasteiger charge is 2.37. The molecule has 0 fully saturated rings. The lowest BCUT2D eigenvalue weighted by atomic mass is 10.2. The summed E-state index contributed by atoms with van der Waals surface area (Å²) in [7, 11) is 3.96. The number of nitrogens with one attached hydrogen (secondary N) is 2. The van der Waals surface area contributed by atoms with Gasteiger partial charge in [0.05, 0.1) is 0 Å². The standard InChI is InChI=1S/C19H42N2O10Si2/c1-16(30-18(22)20-11-9-13-32(24-3,25-4)26-5)15-17(2)31-19(23)21-12-10-14-33(27-6,28-7)29-8/h16-17H,9-15H2,1-8H3,(H,20,22)(H,21,23). The zero-order valence-corrected chi connectivity index (χ0v) is 23.2. The van der Waals surface area contributed by atoms with Crippen LogP contribution >= 0.6 is 0 Å². The first-order valence-electron chi connectivity index (χ1n) is 10.8. The molecule has 0 heterocycles. The van der Waals surface area contributed by atoms with Gasteiger partial charge >= 0.3 is 29.8 Å². The molecular formula is C19H42N2O10Si2. The van der Waals surface area contributed by atoms with Crippen LogP contribution in [0.2, 0.25) is 12.1 Å². The maximum Gasteiger partial charge on any atom is 0.500 e. The topological polar surface area (TPSA) is 132 Å². The summed E-state index contributed by atoms with van der Waals surface area (Å²) in [6.45, 7) is 4.26. The first-order valence-corrected chi connectivity index (χ1v) is 14.7. The highest BCUT2D eigenvalue weighted by Crippen LogP contribution is 2.15. The van der Waals surface area contributed by atoms with E-state index in [0.717, 1.165) is 0 Å². The first-order chi connectivity index (χ1) is 15.6. The van der Waals surface area contributed by atoms with Crippen molar-refractivity contribution in [2.24, 2.45) is 0 Å². The summed E-state index contributed by atoms with van der Waals surface area (Å²) < 4.78 is 42.6. The molecule has 0 aliphatic heterocycles. The van der Waals surface area contributed by atoms with E-state index in [1.807, 2.05) is 0 Å². The van der Waals surface area contributed by atoms with Crippen molar-refractivity contribution < 1.29 is 45.6 Å². The fourth-order valence-corrected chi connectivity index (χ4v) is 6.56. The molecule has 0 aromatic rings. The van der Waals surface area contributed by atoms with Crippen LogP contribution in [0.4, 0.5) is 9.59 Å². The number of carbonyl (C=O) groups is 2. The van der Waals surface area contributed by atoms with Crippen molar-refractivity contribution in [2.75, 3.05) is 55.7 Å². The van der Waals surface area contributed by atoms with Crippen molar-refractivity contribution in [3.8, 4) is 0 Å². The molecule has 0 saturated carbocycles. The lowest BCUT2D eigenvalue weighted by Crippen LogP contribution is -2.43.